The Balaban J connectivity index is 1.39. The monoisotopic (exact) mass is 508 g/mol. The highest BCUT2D eigenvalue weighted by Gasteiger charge is 2.42. The highest BCUT2D eigenvalue weighted by atomic mass is 35.5. The van der Waals surface area contributed by atoms with Crippen LogP contribution in [0.1, 0.15) is 16.7 Å². The number of fused-ring (bicyclic) bond motifs is 3. The number of hydrogen-bond donors (Lipinski definition) is 1. The Hall–Kier alpha value is -3.49. The molecule has 0 aromatic heterocycles. The SMILES string of the molecule is O=C(NCc1ccccc1F)[C@H]1Cc2cc([N+](=O)[O-])ccc2N2CCN(Cc3ccc(Cl)cc3)C[C@H]12. The number of benzene rings is 3. The Bertz CT molecular complexity index is 1290. The number of nitro benzene ring substituents is 1. The molecule has 2 aliphatic heterocycles. The topological polar surface area (TPSA) is 78.7 Å². The van der Waals surface area contributed by atoms with Crippen LogP contribution in [0, 0.1) is 21.8 Å². The van der Waals surface area contributed by atoms with Gasteiger partial charge < -0.3 is 10.2 Å². The molecule has 36 heavy (non-hydrogen) atoms. The van der Waals surface area contributed by atoms with Gasteiger partial charge in [-0.2, -0.15) is 0 Å². The molecule has 0 radical (unpaired) electrons. The van der Waals surface area contributed by atoms with Gasteiger partial charge in [0.2, 0.25) is 5.91 Å². The maximum Gasteiger partial charge on any atom is 0.269 e. The van der Waals surface area contributed by atoms with E-state index in [0.29, 0.717) is 30.1 Å². The molecule has 5 rings (SSSR count). The van der Waals surface area contributed by atoms with E-state index in [2.05, 4.69) is 15.1 Å². The number of amides is 1. The number of carbonyl (C=O) groups excluding carboxylic acids is 1. The van der Waals surface area contributed by atoms with E-state index in [-0.39, 0.29) is 30.0 Å². The second kappa shape index (κ2) is 10.2. The first-order valence-corrected chi connectivity index (χ1v) is 12.3. The van der Waals surface area contributed by atoms with Crippen molar-refractivity contribution in [3.8, 4) is 0 Å². The quantitative estimate of drug-likeness (QED) is 0.390. The van der Waals surface area contributed by atoms with E-state index in [1.807, 2.05) is 24.3 Å². The molecule has 0 unspecified atom stereocenters. The Kier molecular flexibility index (Phi) is 6.89. The van der Waals surface area contributed by atoms with Gasteiger partial charge in [0, 0.05) is 61.1 Å². The van der Waals surface area contributed by atoms with Gasteiger partial charge in [0.1, 0.15) is 5.82 Å². The Morgan fingerprint density at radius 3 is 2.64 bits per heavy atom. The molecule has 1 fully saturated rings. The molecule has 1 saturated heterocycles. The van der Waals surface area contributed by atoms with Gasteiger partial charge >= 0.3 is 0 Å². The Morgan fingerprint density at radius 2 is 1.89 bits per heavy atom. The molecule has 1 N–H and O–H groups in total. The second-order valence-electron chi connectivity index (χ2n) is 9.31. The van der Waals surface area contributed by atoms with E-state index in [9.17, 15) is 19.3 Å². The van der Waals surface area contributed by atoms with E-state index >= 15 is 0 Å². The summed E-state index contributed by atoms with van der Waals surface area (Å²) in [6.45, 7) is 2.97. The van der Waals surface area contributed by atoms with E-state index in [1.54, 1.807) is 30.3 Å². The van der Waals surface area contributed by atoms with Crippen molar-refractivity contribution in [1.29, 1.82) is 0 Å². The van der Waals surface area contributed by atoms with Crippen molar-refractivity contribution in [3.05, 3.63) is 104 Å². The van der Waals surface area contributed by atoms with Crippen molar-refractivity contribution in [1.82, 2.24) is 10.2 Å². The van der Waals surface area contributed by atoms with Crippen molar-refractivity contribution in [2.45, 2.75) is 25.6 Å². The number of nitrogens with zero attached hydrogens (tertiary/aromatic N) is 3. The summed E-state index contributed by atoms with van der Waals surface area (Å²) in [5.74, 6) is -0.978. The average molecular weight is 509 g/mol. The zero-order valence-corrected chi connectivity index (χ0v) is 20.3. The highest BCUT2D eigenvalue weighted by Crippen LogP contribution is 2.38. The molecular formula is C27H26ClFN4O3. The molecule has 0 aliphatic carbocycles. The summed E-state index contributed by atoms with van der Waals surface area (Å²) in [7, 11) is 0. The number of nitro groups is 1. The van der Waals surface area contributed by atoms with E-state index < -0.39 is 10.8 Å². The van der Waals surface area contributed by atoms with Crippen LogP contribution in [0.4, 0.5) is 15.8 Å². The van der Waals surface area contributed by atoms with Crippen LogP contribution in [0.15, 0.2) is 66.7 Å². The van der Waals surface area contributed by atoms with Crippen molar-refractivity contribution in [3.63, 3.8) is 0 Å². The molecule has 186 valence electrons. The molecule has 9 heteroatoms. The van der Waals surface area contributed by atoms with Crippen LogP contribution >= 0.6 is 11.6 Å². The lowest BCUT2D eigenvalue weighted by molar-refractivity contribution is -0.384. The van der Waals surface area contributed by atoms with Crippen LogP contribution in [-0.4, -0.2) is 41.4 Å². The van der Waals surface area contributed by atoms with E-state index in [1.165, 1.54) is 12.1 Å². The Morgan fingerprint density at radius 1 is 1.11 bits per heavy atom. The lowest BCUT2D eigenvalue weighted by atomic mass is 9.83. The second-order valence-corrected chi connectivity index (χ2v) is 9.75. The molecular weight excluding hydrogens is 483 g/mol. The third kappa shape index (κ3) is 5.05. The van der Waals surface area contributed by atoms with Crippen LogP contribution < -0.4 is 10.2 Å². The van der Waals surface area contributed by atoms with Crippen molar-refractivity contribution in [2.24, 2.45) is 5.92 Å². The molecule has 7 nitrogen and oxygen atoms in total. The van der Waals surface area contributed by atoms with Gasteiger partial charge in [0.15, 0.2) is 0 Å². The molecule has 0 bridgehead atoms. The molecule has 2 atom stereocenters. The van der Waals surface area contributed by atoms with Gasteiger partial charge in [-0.1, -0.05) is 41.9 Å². The summed E-state index contributed by atoms with van der Waals surface area (Å²) in [5, 5.41) is 15.0. The average Bonchev–Trinajstić information content (AvgIpc) is 2.88. The maximum absolute atomic E-state index is 14.1. The Labute approximate surface area is 213 Å². The molecule has 3 aromatic carbocycles. The first-order valence-electron chi connectivity index (χ1n) is 11.9. The predicted molar refractivity (Wildman–Crippen MR) is 136 cm³/mol. The number of rotatable bonds is 6. The molecule has 0 spiro atoms. The minimum atomic E-state index is -0.431. The minimum Gasteiger partial charge on any atom is -0.365 e. The van der Waals surface area contributed by atoms with Gasteiger partial charge in [-0.15, -0.1) is 0 Å². The lowest BCUT2D eigenvalue weighted by Crippen LogP contribution is -2.60. The van der Waals surface area contributed by atoms with Gasteiger partial charge in [0.05, 0.1) is 16.9 Å². The number of hydrogen-bond acceptors (Lipinski definition) is 5. The van der Waals surface area contributed by atoms with Crippen LogP contribution in [0.3, 0.4) is 0 Å². The van der Waals surface area contributed by atoms with Crippen molar-refractivity contribution < 1.29 is 14.1 Å². The zero-order valence-electron chi connectivity index (χ0n) is 19.6. The number of halogens is 2. The first-order chi connectivity index (χ1) is 17.4. The normalized spacial score (nSPS) is 19.3. The fraction of sp³-hybridized carbons (Fsp3) is 0.296. The first kappa shape index (κ1) is 24.2. The fourth-order valence-corrected chi connectivity index (χ4v) is 5.36. The standard InChI is InChI=1S/C27H26ClFN4O3/c28-21-7-5-18(6-8-21)16-31-11-12-32-25-10-9-22(33(35)36)13-20(25)14-23(26(32)17-31)27(34)30-15-19-3-1-2-4-24(19)29/h1-10,13,23,26H,11-12,14-17H2,(H,30,34)/t23-,26+/m0/s1. The van der Waals surface area contributed by atoms with E-state index in [0.717, 1.165) is 29.9 Å². The number of piperazine rings is 1. The predicted octanol–water partition coefficient (Wildman–Crippen LogP) is 4.57. The summed E-state index contributed by atoms with van der Waals surface area (Å²) in [5.41, 5.74) is 3.30. The summed E-state index contributed by atoms with van der Waals surface area (Å²) < 4.78 is 14.1. The van der Waals surface area contributed by atoms with Crippen LogP contribution in [0.5, 0.6) is 0 Å². The summed E-state index contributed by atoms with van der Waals surface area (Å²) in [4.78, 5) is 28.9. The van der Waals surface area contributed by atoms with Crippen LogP contribution in [0.25, 0.3) is 0 Å². The minimum absolute atomic E-state index is 0.0130. The fourth-order valence-electron chi connectivity index (χ4n) is 5.23. The molecule has 2 aliphatic rings. The third-order valence-electron chi connectivity index (χ3n) is 7.06. The van der Waals surface area contributed by atoms with E-state index in [4.69, 9.17) is 11.6 Å². The molecule has 3 aromatic rings. The maximum atomic E-state index is 14.1. The summed E-state index contributed by atoms with van der Waals surface area (Å²) in [6.07, 6.45) is 0.385. The number of anilines is 1. The van der Waals surface area contributed by atoms with Crippen LogP contribution in [-0.2, 0) is 24.3 Å². The lowest BCUT2D eigenvalue weighted by Gasteiger charge is -2.49. The van der Waals surface area contributed by atoms with Gasteiger partial charge in [0.25, 0.3) is 5.69 Å². The van der Waals surface area contributed by atoms with Crippen LogP contribution in [0.2, 0.25) is 5.02 Å². The molecule has 2 heterocycles. The van der Waals surface area contributed by atoms with Crippen molar-refractivity contribution >= 4 is 28.9 Å². The third-order valence-corrected chi connectivity index (χ3v) is 7.31. The van der Waals surface area contributed by atoms with Gasteiger partial charge in [-0.3, -0.25) is 19.8 Å². The smallest absolute Gasteiger partial charge is 0.269 e. The molecule has 0 saturated carbocycles. The number of carbonyl (C=O) groups is 1. The van der Waals surface area contributed by atoms with Gasteiger partial charge in [-0.25, -0.2) is 4.39 Å². The summed E-state index contributed by atoms with van der Waals surface area (Å²) >= 11 is 6.03. The number of nitrogens with one attached hydrogen (secondary N) is 1. The highest BCUT2D eigenvalue weighted by molar-refractivity contribution is 6.30. The number of non-ortho nitro benzene ring substituents is 1. The largest absolute Gasteiger partial charge is 0.365 e. The zero-order chi connectivity index (χ0) is 25.2. The van der Waals surface area contributed by atoms with Crippen molar-refractivity contribution in [2.75, 3.05) is 24.5 Å². The molecule has 1 amide bonds. The summed E-state index contributed by atoms with van der Waals surface area (Å²) in [6, 6.07) is 18.9. The van der Waals surface area contributed by atoms with Gasteiger partial charge in [-0.05, 0) is 41.8 Å².